The van der Waals surface area contributed by atoms with Gasteiger partial charge >= 0.3 is 0 Å². The average Bonchev–Trinajstić information content (AvgIpc) is 2.56. The van der Waals surface area contributed by atoms with E-state index in [1.165, 1.54) is 0 Å². The molecular weight excluding hydrogens is 276 g/mol. The number of hydrogen-bond acceptors (Lipinski definition) is 5. The summed E-state index contributed by atoms with van der Waals surface area (Å²) in [4.78, 5) is 11.0. The average molecular weight is 298 g/mol. The Morgan fingerprint density at radius 1 is 1.18 bits per heavy atom. The number of hydrogen-bond donors (Lipinski definition) is 2. The minimum atomic E-state index is -0.262. The third-order valence-corrected chi connectivity index (χ3v) is 4.27. The van der Waals surface area contributed by atoms with Gasteiger partial charge < -0.3 is 15.3 Å². The van der Waals surface area contributed by atoms with E-state index in [0.717, 1.165) is 43.3 Å². The van der Waals surface area contributed by atoms with E-state index >= 15 is 0 Å². The van der Waals surface area contributed by atoms with Gasteiger partial charge in [0.1, 0.15) is 0 Å². The van der Waals surface area contributed by atoms with E-state index in [4.69, 9.17) is 0 Å². The molecule has 0 bridgehead atoms. The van der Waals surface area contributed by atoms with E-state index in [2.05, 4.69) is 20.2 Å². The topological polar surface area (TPSA) is 61.3 Å². The summed E-state index contributed by atoms with van der Waals surface area (Å²) in [5.74, 6) is 0.784. The number of para-hydroxylation sites is 1. The van der Waals surface area contributed by atoms with Crippen molar-refractivity contribution in [3.05, 3.63) is 48.3 Å². The second-order valence-electron chi connectivity index (χ2n) is 5.91. The lowest BCUT2D eigenvalue weighted by molar-refractivity contribution is 0.185. The number of aliphatic hydroxyl groups is 1. The Balaban J connectivity index is 1.68. The highest BCUT2D eigenvalue weighted by Gasteiger charge is 2.34. The quantitative estimate of drug-likeness (QED) is 0.906. The molecule has 0 atom stereocenters. The zero-order chi connectivity index (χ0) is 15.4. The van der Waals surface area contributed by atoms with Crippen LogP contribution in [0.1, 0.15) is 18.5 Å². The lowest BCUT2D eigenvalue weighted by atomic mass is 9.88. The van der Waals surface area contributed by atoms with Crippen molar-refractivity contribution in [3.63, 3.8) is 0 Å². The fourth-order valence-corrected chi connectivity index (χ4v) is 2.87. The summed E-state index contributed by atoms with van der Waals surface area (Å²) < 4.78 is 0. The summed E-state index contributed by atoms with van der Waals surface area (Å²) >= 11 is 0. The zero-order valence-electron chi connectivity index (χ0n) is 12.9. The van der Waals surface area contributed by atoms with Crippen LogP contribution in [0.25, 0.3) is 0 Å². The first kappa shape index (κ1) is 14.8. The largest absolute Gasteiger partial charge is 0.394 e. The molecular formula is C17H22N4O. The van der Waals surface area contributed by atoms with E-state index in [0.29, 0.717) is 0 Å². The number of aromatic nitrogens is 2. The van der Waals surface area contributed by atoms with Gasteiger partial charge in [-0.2, -0.15) is 0 Å². The van der Waals surface area contributed by atoms with Gasteiger partial charge in [-0.1, -0.05) is 18.2 Å². The Bertz CT molecular complexity index is 609. The maximum absolute atomic E-state index is 9.89. The van der Waals surface area contributed by atoms with E-state index < -0.39 is 0 Å². The van der Waals surface area contributed by atoms with Gasteiger partial charge in [-0.25, -0.2) is 9.97 Å². The highest BCUT2D eigenvalue weighted by Crippen LogP contribution is 2.28. The molecule has 0 radical (unpaired) electrons. The van der Waals surface area contributed by atoms with Gasteiger partial charge in [0.15, 0.2) is 0 Å². The number of nitrogens with zero attached hydrogens (tertiary/aromatic N) is 3. The summed E-state index contributed by atoms with van der Waals surface area (Å²) in [6, 6.07) is 12.0. The second kappa shape index (κ2) is 6.32. The van der Waals surface area contributed by atoms with E-state index in [9.17, 15) is 5.11 Å². The summed E-state index contributed by atoms with van der Waals surface area (Å²) in [7, 11) is 0. The standard InChI is InChI=1S/C17H22N4O/c1-14-7-10-18-16(19-14)21-11-8-17(13-22,9-12-21)20-15-5-3-2-4-6-15/h2-7,10,20,22H,8-9,11-13H2,1H3. The molecule has 5 heteroatoms. The van der Waals surface area contributed by atoms with Crippen molar-refractivity contribution >= 4 is 11.6 Å². The highest BCUT2D eigenvalue weighted by atomic mass is 16.3. The Morgan fingerprint density at radius 2 is 1.91 bits per heavy atom. The van der Waals surface area contributed by atoms with Crippen LogP contribution < -0.4 is 10.2 Å². The number of aryl methyl sites for hydroxylation is 1. The maximum Gasteiger partial charge on any atom is 0.225 e. The first-order valence-corrected chi connectivity index (χ1v) is 7.69. The molecule has 1 saturated heterocycles. The van der Waals surface area contributed by atoms with Crippen LogP contribution in [0.15, 0.2) is 42.6 Å². The first-order chi connectivity index (χ1) is 10.7. The molecule has 1 aliphatic rings. The molecule has 2 aromatic rings. The lowest BCUT2D eigenvalue weighted by Gasteiger charge is -2.42. The van der Waals surface area contributed by atoms with Gasteiger partial charge in [0.25, 0.3) is 0 Å². The van der Waals surface area contributed by atoms with Gasteiger partial charge in [0.2, 0.25) is 5.95 Å². The summed E-state index contributed by atoms with van der Waals surface area (Å²) in [6.45, 7) is 3.78. The molecule has 22 heavy (non-hydrogen) atoms. The fraction of sp³-hybridized carbons (Fsp3) is 0.412. The molecule has 0 spiro atoms. The molecule has 0 aliphatic carbocycles. The van der Waals surface area contributed by atoms with Gasteiger partial charge in [-0.05, 0) is 38.0 Å². The lowest BCUT2D eigenvalue weighted by Crippen LogP contribution is -2.52. The second-order valence-corrected chi connectivity index (χ2v) is 5.91. The van der Waals surface area contributed by atoms with Crippen LogP contribution in [-0.2, 0) is 0 Å². The van der Waals surface area contributed by atoms with Crippen molar-refractivity contribution in [2.45, 2.75) is 25.3 Å². The van der Waals surface area contributed by atoms with Crippen LogP contribution in [0.2, 0.25) is 0 Å². The third-order valence-electron chi connectivity index (χ3n) is 4.27. The van der Waals surface area contributed by atoms with Crippen molar-refractivity contribution in [2.75, 3.05) is 29.9 Å². The van der Waals surface area contributed by atoms with Crippen molar-refractivity contribution in [3.8, 4) is 0 Å². The van der Waals surface area contributed by atoms with Crippen LogP contribution in [0.5, 0.6) is 0 Å². The van der Waals surface area contributed by atoms with Crippen LogP contribution in [0.4, 0.5) is 11.6 Å². The third kappa shape index (κ3) is 3.20. The number of anilines is 2. The molecule has 5 nitrogen and oxygen atoms in total. The molecule has 1 fully saturated rings. The SMILES string of the molecule is Cc1ccnc(N2CCC(CO)(Nc3ccccc3)CC2)n1. The van der Waals surface area contributed by atoms with Crippen molar-refractivity contribution < 1.29 is 5.11 Å². The van der Waals surface area contributed by atoms with Gasteiger partial charge in [-0.15, -0.1) is 0 Å². The predicted molar refractivity (Wildman–Crippen MR) is 88.1 cm³/mol. The van der Waals surface area contributed by atoms with Crippen LogP contribution in [-0.4, -0.2) is 40.3 Å². The number of rotatable bonds is 4. The van der Waals surface area contributed by atoms with Gasteiger partial charge in [-0.3, -0.25) is 0 Å². The van der Waals surface area contributed by atoms with Crippen LogP contribution in [0, 0.1) is 6.92 Å². The summed E-state index contributed by atoms with van der Waals surface area (Å²) in [6.07, 6.45) is 3.51. The molecule has 1 aromatic carbocycles. The minimum absolute atomic E-state index is 0.129. The minimum Gasteiger partial charge on any atom is -0.394 e. The molecule has 2 heterocycles. The molecule has 3 rings (SSSR count). The Labute approximate surface area is 131 Å². The smallest absolute Gasteiger partial charge is 0.225 e. The normalized spacial score (nSPS) is 17.3. The Kier molecular flexibility index (Phi) is 4.24. The van der Waals surface area contributed by atoms with Crippen molar-refractivity contribution in [2.24, 2.45) is 0 Å². The molecule has 0 unspecified atom stereocenters. The predicted octanol–water partition coefficient (Wildman–Crippen LogP) is 2.23. The summed E-state index contributed by atoms with van der Waals surface area (Å²) in [5.41, 5.74) is 1.77. The monoisotopic (exact) mass is 298 g/mol. The highest BCUT2D eigenvalue weighted by molar-refractivity contribution is 5.46. The Morgan fingerprint density at radius 3 is 2.55 bits per heavy atom. The number of piperidine rings is 1. The molecule has 1 aliphatic heterocycles. The molecule has 116 valence electrons. The van der Waals surface area contributed by atoms with E-state index in [-0.39, 0.29) is 12.1 Å². The van der Waals surface area contributed by atoms with E-state index in [1.807, 2.05) is 43.3 Å². The van der Waals surface area contributed by atoms with Gasteiger partial charge in [0, 0.05) is 30.7 Å². The molecule has 0 saturated carbocycles. The Hall–Kier alpha value is -2.14. The molecule has 1 aromatic heterocycles. The fourth-order valence-electron chi connectivity index (χ4n) is 2.87. The van der Waals surface area contributed by atoms with Gasteiger partial charge in [0.05, 0.1) is 12.1 Å². The zero-order valence-corrected chi connectivity index (χ0v) is 12.9. The number of nitrogens with one attached hydrogen (secondary N) is 1. The number of aliphatic hydroxyl groups excluding tert-OH is 1. The number of benzene rings is 1. The van der Waals surface area contributed by atoms with Crippen LogP contribution in [0.3, 0.4) is 0 Å². The van der Waals surface area contributed by atoms with Crippen molar-refractivity contribution in [1.82, 2.24) is 9.97 Å². The summed E-state index contributed by atoms with van der Waals surface area (Å²) in [5, 5.41) is 13.4. The molecule has 2 N–H and O–H groups in total. The first-order valence-electron chi connectivity index (χ1n) is 7.69. The molecule has 0 amide bonds. The maximum atomic E-state index is 9.89. The van der Waals surface area contributed by atoms with Crippen LogP contribution >= 0.6 is 0 Å². The van der Waals surface area contributed by atoms with E-state index in [1.54, 1.807) is 6.20 Å². The van der Waals surface area contributed by atoms with Crippen molar-refractivity contribution in [1.29, 1.82) is 0 Å².